The van der Waals surface area contributed by atoms with Gasteiger partial charge in [-0.1, -0.05) is 0 Å². The van der Waals surface area contributed by atoms with Gasteiger partial charge in [0.2, 0.25) is 5.91 Å². The monoisotopic (exact) mass is 254 g/mol. The summed E-state index contributed by atoms with van der Waals surface area (Å²) in [5, 5.41) is 0. The van der Waals surface area contributed by atoms with Crippen molar-refractivity contribution in [1.82, 2.24) is 4.90 Å². The minimum atomic E-state index is -0.160. The molecule has 104 valence electrons. The Morgan fingerprint density at radius 2 is 2.17 bits per heavy atom. The second-order valence-corrected chi connectivity index (χ2v) is 5.99. The summed E-state index contributed by atoms with van der Waals surface area (Å²) in [5.74, 6) is 0.729. The fraction of sp³-hybridized carbons (Fsp3) is 0.929. The van der Waals surface area contributed by atoms with Gasteiger partial charge in [0, 0.05) is 19.7 Å². The SMILES string of the molecule is COC1(CC(=O)N2CC(CN)CCC2C)CCC1. The first-order valence-corrected chi connectivity index (χ1v) is 7.15. The normalized spacial score (nSPS) is 30.9. The Morgan fingerprint density at radius 3 is 2.67 bits per heavy atom. The van der Waals surface area contributed by atoms with Gasteiger partial charge in [-0.05, 0) is 51.5 Å². The lowest BCUT2D eigenvalue weighted by Crippen LogP contribution is -2.51. The third-order valence-corrected chi connectivity index (χ3v) is 4.80. The smallest absolute Gasteiger partial charge is 0.225 e. The molecule has 1 aliphatic carbocycles. The molecule has 0 spiro atoms. The zero-order valence-electron chi connectivity index (χ0n) is 11.7. The molecular formula is C14H26N2O2. The molecule has 1 heterocycles. The molecule has 2 aliphatic rings. The van der Waals surface area contributed by atoms with Crippen LogP contribution in [0.5, 0.6) is 0 Å². The van der Waals surface area contributed by atoms with Gasteiger partial charge < -0.3 is 15.4 Å². The lowest BCUT2D eigenvalue weighted by atomic mass is 9.77. The number of amides is 1. The number of hydrogen-bond donors (Lipinski definition) is 1. The highest BCUT2D eigenvalue weighted by molar-refractivity contribution is 5.78. The largest absolute Gasteiger partial charge is 0.378 e. The zero-order chi connectivity index (χ0) is 13.2. The highest BCUT2D eigenvalue weighted by atomic mass is 16.5. The molecule has 1 saturated heterocycles. The summed E-state index contributed by atoms with van der Waals surface area (Å²) in [6.07, 6.45) is 6.01. The van der Waals surface area contributed by atoms with E-state index in [1.54, 1.807) is 7.11 Å². The van der Waals surface area contributed by atoms with Crippen LogP contribution >= 0.6 is 0 Å². The minimum Gasteiger partial charge on any atom is -0.378 e. The molecule has 0 radical (unpaired) electrons. The number of hydrogen-bond acceptors (Lipinski definition) is 3. The minimum absolute atomic E-state index is 0.160. The molecular weight excluding hydrogens is 228 g/mol. The van der Waals surface area contributed by atoms with Crippen molar-refractivity contribution in [2.24, 2.45) is 11.7 Å². The molecule has 1 aliphatic heterocycles. The van der Waals surface area contributed by atoms with E-state index >= 15 is 0 Å². The Kier molecular flexibility index (Phi) is 4.28. The number of carbonyl (C=O) groups excluding carboxylic acids is 1. The van der Waals surface area contributed by atoms with Crippen LogP contribution in [0.25, 0.3) is 0 Å². The van der Waals surface area contributed by atoms with Gasteiger partial charge in [-0.15, -0.1) is 0 Å². The van der Waals surface area contributed by atoms with Crippen molar-refractivity contribution >= 4 is 5.91 Å². The van der Waals surface area contributed by atoms with Crippen molar-refractivity contribution in [3.8, 4) is 0 Å². The van der Waals surface area contributed by atoms with Crippen molar-refractivity contribution in [2.75, 3.05) is 20.2 Å². The molecule has 18 heavy (non-hydrogen) atoms. The highest BCUT2D eigenvalue weighted by Crippen LogP contribution is 2.39. The Balaban J connectivity index is 1.94. The van der Waals surface area contributed by atoms with Crippen LogP contribution in [0.2, 0.25) is 0 Å². The zero-order valence-corrected chi connectivity index (χ0v) is 11.7. The summed E-state index contributed by atoms with van der Waals surface area (Å²) in [7, 11) is 1.73. The quantitative estimate of drug-likeness (QED) is 0.828. The maximum absolute atomic E-state index is 12.4. The lowest BCUT2D eigenvalue weighted by molar-refractivity contribution is -0.148. The first-order chi connectivity index (χ1) is 8.60. The van der Waals surface area contributed by atoms with Crippen LogP contribution in [-0.2, 0) is 9.53 Å². The predicted octanol–water partition coefficient (Wildman–Crippen LogP) is 1.53. The third kappa shape index (κ3) is 2.69. The van der Waals surface area contributed by atoms with E-state index in [2.05, 4.69) is 6.92 Å². The van der Waals surface area contributed by atoms with Gasteiger partial charge in [-0.25, -0.2) is 0 Å². The summed E-state index contributed by atoms with van der Waals surface area (Å²) >= 11 is 0. The lowest BCUT2D eigenvalue weighted by Gasteiger charge is -2.43. The second kappa shape index (κ2) is 5.57. The number of methoxy groups -OCH3 is 1. The number of ether oxygens (including phenoxy) is 1. The van der Waals surface area contributed by atoms with Gasteiger partial charge in [0.15, 0.2) is 0 Å². The fourth-order valence-corrected chi connectivity index (χ4v) is 3.12. The van der Waals surface area contributed by atoms with E-state index < -0.39 is 0 Å². The fourth-order valence-electron chi connectivity index (χ4n) is 3.12. The van der Waals surface area contributed by atoms with Gasteiger partial charge in [0.25, 0.3) is 0 Å². The van der Waals surface area contributed by atoms with E-state index in [9.17, 15) is 4.79 Å². The predicted molar refractivity (Wildman–Crippen MR) is 71.2 cm³/mol. The third-order valence-electron chi connectivity index (χ3n) is 4.80. The van der Waals surface area contributed by atoms with Crippen molar-refractivity contribution in [3.63, 3.8) is 0 Å². The van der Waals surface area contributed by atoms with Crippen LogP contribution in [0.3, 0.4) is 0 Å². The molecule has 2 fully saturated rings. The number of carbonyl (C=O) groups is 1. The van der Waals surface area contributed by atoms with Crippen LogP contribution in [0, 0.1) is 5.92 Å². The summed E-state index contributed by atoms with van der Waals surface area (Å²) < 4.78 is 5.55. The molecule has 0 aromatic heterocycles. The Labute approximate surface area is 110 Å². The van der Waals surface area contributed by atoms with Gasteiger partial charge in [-0.3, -0.25) is 4.79 Å². The van der Waals surface area contributed by atoms with Crippen LogP contribution in [-0.4, -0.2) is 42.6 Å². The van der Waals surface area contributed by atoms with Crippen LogP contribution in [0.4, 0.5) is 0 Å². The average Bonchev–Trinajstić information content (AvgIpc) is 2.34. The molecule has 2 atom stereocenters. The standard InChI is InChI=1S/C14H26N2O2/c1-11-4-5-12(9-15)10-16(11)13(17)8-14(18-2)6-3-7-14/h11-12H,3-10,15H2,1-2H3. The van der Waals surface area contributed by atoms with Crippen LogP contribution in [0.15, 0.2) is 0 Å². The number of piperidine rings is 1. The maximum atomic E-state index is 12.4. The average molecular weight is 254 g/mol. The summed E-state index contributed by atoms with van der Waals surface area (Å²) in [6.45, 7) is 3.66. The molecule has 2 unspecified atom stereocenters. The topological polar surface area (TPSA) is 55.6 Å². The maximum Gasteiger partial charge on any atom is 0.225 e. The molecule has 4 heteroatoms. The second-order valence-electron chi connectivity index (χ2n) is 5.99. The summed E-state index contributed by atoms with van der Waals surface area (Å²) in [6, 6.07) is 0.356. The first-order valence-electron chi connectivity index (χ1n) is 7.15. The van der Waals surface area contributed by atoms with E-state index in [-0.39, 0.29) is 11.5 Å². The number of nitrogens with zero attached hydrogens (tertiary/aromatic N) is 1. The van der Waals surface area contributed by atoms with Crippen molar-refractivity contribution in [1.29, 1.82) is 0 Å². The molecule has 2 rings (SSSR count). The number of nitrogens with two attached hydrogens (primary N) is 1. The molecule has 1 amide bonds. The van der Waals surface area contributed by atoms with E-state index in [1.807, 2.05) is 4.90 Å². The Morgan fingerprint density at radius 1 is 1.44 bits per heavy atom. The van der Waals surface area contributed by atoms with Crippen molar-refractivity contribution in [2.45, 2.75) is 57.1 Å². The van der Waals surface area contributed by atoms with Crippen molar-refractivity contribution in [3.05, 3.63) is 0 Å². The first kappa shape index (κ1) is 13.8. The van der Waals surface area contributed by atoms with Gasteiger partial charge >= 0.3 is 0 Å². The van der Waals surface area contributed by atoms with E-state index in [0.717, 1.165) is 32.2 Å². The van der Waals surface area contributed by atoms with Gasteiger partial charge in [-0.2, -0.15) is 0 Å². The molecule has 1 saturated carbocycles. The number of likely N-dealkylation sites (tertiary alicyclic amines) is 1. The van der Waals surface area contributed by atoms with Crippen molar-refractivity contribution < 1.29 is 9.53 Å². The Hall–Kier alpha value is -0.610. The molecule has 2 N–H and O–H groups in total. The van der Waals surface area contributed by atoms with E-state index in [0.29, 0.717) is 24.9 Å². The highest BCUT2D eigenvalue weighted by Gasteiger charge is 2.41. The van der Waals surface area contributed by atoms with E-state index in [1.165, 1.54) is 6.42 Å². The molecule has 0 aromatic rings. The molecule has 4 nitrogen and oxygen atoms in total. The Bertz CT molecular complexity index is 297. The molecule has 0 aromatic carbocycles. The number of rotatable bonds is 4. The summed E-state index contributed by atoms with van der Waals surface area (Å²) in [5.41, 5.74) is 5.58. The van der Waals surface area contributed by atoms with Crippen LogP contribution < -0.4 is 5.73 Å². The molecule has 0 bridgehead atoms. The van der Waals surface area contributed by atoms with Gasteiger partial charge in [0.05, 0.1) is 12.0 Å². The van der Waals surface area contributed by atoms with Gasteiger partial charge in [0.1, 0.15) is 0 Å². The van der Waals surface area contributed by atoms with E-state index in [4.69, 9.17) is 10.5 Å². The summed E-state index contributed by atoms with van der Waals surface area (Å²) in [4.78, 5) is 14.5. The van der Waals surface area contributed by atoms with Crippen LogP contribution in [0.1, 0.15) is 45.4 Å².